The maximum Gasteiger partial charge on any atom is 0.325 e. The number of hydrogen-bond donors (Lipinski definition) is 2. The van der Waals surface area contributed by atoms with E-state index in [0.717, 1.165) is 16.0 Å². The number of carbonyl (C=O) groups excluding carboxylic acids is 2. The number of ether oxygens (including phenoxy) is 3. The molecular weight excluding hydrogens is 448 g/mol. The lowest BCUT2D eigenvalue weighted by molar-refractivity contribution is -0.133. The summed E-state index contributed by atoms with van der Waals surface area (Å²) in [6, 6.07) is 23.7. The van der Waals surface area contributed by atoms with Crippen LogP contribution in [0, 0.1) is 0 Å². The van der Waals surface area contributed by atoms with E-state index in [1.165, 1.54) is 0 Å². The largest absolute Gasteiger partial charge is 0.454 e. The molecular formula is C27H26N2O6. The number of aliphatic hydroxyl groups is 1. The third kappa shape index (κ3) is 4.71. The summed E-state index contributed by atoms with van der Waals surface area (Å²) < 4.78 is 16.3. The van der Waals surface area contributed by atoms with Gasteiger partial charge in [-0.1, -0.05) is 66.7 Å². The molecule has 3 amide bonds. The smallest absolute Gasteiger partial charge is 0.325 e. The number of aliphatic hydroxyl groups excluding tert-OH is 1. The lowest BCUT2D eigenvalue weighted by atomic mass is 9.83. The minimum atomic E-state index is -1.24. The molecule has 2 N–H and O–H groups in total. The van der Waals surface area contributed by atoms with E-state index >= 15 is 0 Å². The van der Waals surface area contributed by atoms with Crippen molar-refractivity contribution in [3.8, 4) is 11.5 Å². The Balaban J connectivity index is 1.25. The first kappa shape index (κ1) is 22.9. The molecule has 8 heteroatoms. The summed E-state index contributed by atoms with van der Waals surface area (Å²) in [5, 5.41) is 13.5. The van der Waals surface area contributed by atoms with Crippen molar-refractivity contribution in [1.29, 1.82) is 0 Å². The Morgan fingerprint density at radius 2 is 1.66 bits per heavy atom. The van der Waals surface area contributed by atoms with Crippen LogP contribution in [-0.2, 0) is 28.1 Å². The van der Waals surface area contributed by atoms with Gasteiger partial charge in [0.25, 0.3) is 5.91 Å². The number of hydrogen-bond acceptors (Lipinski definition) is 6. The van der Waals surface area contributed by atoms with Gasteiger partial charge in [0.2, 0.25) is 6.79 Å². The molecule has 2 aliphatic rings. The fourth-order valence-electron chi connectivity index (χ4n) is 4.44. The van der Waals surface area contributed by atoms with E-state index in [1.807, 2.05) is 72.8 Å². The topological polar surface area (TPSA) is 97.3 Å². The van der Waals surface area contributed by atoms with Crippen molar-refractivity contribution >= 4 is 11.9 Å². The van der Waals surface area contributed by atoms with Crippen molar-refractivity contribution in [1.82, 2.24) is 10.2 Å². The van der Waals surface area contributed by atoms with Gasteiger partial charge in [-0.15, -0.1) is 0 Å². The van der Waals surface area contributed by atoms with Gasteiger partial charge in [-0.05, 0) is 28.8 Å². The van der Waals surface area contributed by atoms with Gasteiger partial charge in [0, 0.05) is 6.42 Å². The van der Waals surface area contributed by atoms with E-state index in [4.69, 9.17) is 14.2 Å². The zero-order chi connectivity index (χ0) is 24.3. The summed E-state index contributed by atoms with van der Waals surface area (Å²) >= 11 is 0. The van der Waals surface area contributed by atoms with Gasteiger partial charge in [0.1, 0.15) is 0 Å². The zero-order valence-corrected chi connectivity index (χ0v) is 19.1. The second kappa shape index (κ2) is 9.77. The van der Waals surface area contributed by atoms with Crippen molar-refractivity contribution in [2.24, 2.45) is 0 Å². The summed E-state index contributed by atoms with van der Waals surface area (Å²) in [6.45, 7) is 0.229. The van der Waals surface area contributed by atoms with Crippen molar-refractivity contribution in [3.05, 3.63) is 95.6 Å². The highest BCUT2D eigenvalue weighted by molar-refractivity contribution is 6.07. The highest BCUT2D eigenvalue weighted by Gasteiger charge is 2.52. The van der Waals surface area contributed by atoms with Crippen LogP contribution >= 0.6 is 0 Å². The molecule has 2 aliphatic heterocycles. The number of rotatable bonds is 9. The molecule has 2 atom stereocenters. The highest BCUT2D eigenvalue weighted by Crippen LogP contribution is 2.34. The molecule has 1 saturated heterocycles. The summed E-state index contributed by atoms with van der Waals surface area (Å²) in [5.74, 6) is 0.943. The quantitative estimate of drug-likeness (QED) is 0.463. The predicted octanol–water partition coefficient (Wildman–Crippen LogP) is 2.98. The fourth-order valence-corrected chi connectivity index (χ4v) is 4.44. The Hall–Kier alpha value is -3.88. The van der Waals surface area contributed by atoms with E-state index in [2.05, 4.69) is 5.32 Å². The Labute approximate surface area is 203 Å². The second-order valence-corrected chi connectivity index (χ2v) is 8.64. The van der Waals surface area contributed by atoms with Gasteiger partial charge in [-0.25, -0.2) is 4.79 Å². The molecule has 0 aromatic heterocycles. The van der Waals surface area contributed by atoms with E-state index in [1.54, 1.807) is 6.07 Å². The van der Waals surface area contributed by atoms with Gasteiger partial charge in [0.05, 0.1) is 25.9 Å². The van der Waals surface area contributed by atoms with Crippen LogP contribution in [0.2, 0.25) is 0 Å². The third-order valence-electron chi connectivity index (χ3n) is 6.16. The zero-order valence-electron chi connectivity index (χ0n) is 19.1. The van der Waals surface area contributed by atoms with Crippen molar-refractivity contribution in [2.45, 2.75) is 24.7 Å². The first-order chi connectivity index (χ1) is 17.0. The van der Waals surface area contributed by atoms with Gasteiger partial charge in [-0.2, -0.15) is 0 Å². The molecule has 8 nitrogen and oxygen atoms in total. The fraction of sp³-hybridized carbons (Fsp3) is 0.259. The summed E-state index contributed by atoms with van der Waals surface area (Å²) in [7, 11) is 0. The molecule has 3 aromatic rings. The molecule has 2 heterocycles. The molecule has 0 aliphatic carbocycles. The number of β-amino-alcohol motifs (C(OH)–C–C–N with tert-alkyl or cyclic N) is 1. The van der Waals surface area contributed by atoms with Crippen molar-refractivity contribution in [3.63, 3.8) is 0 Å². The first-order valence-corrected chi connectivity index (χ1v) is 11.4. The number of nitrogens with zero attached hydrogens (tertiary/aromatic N) is 1. The Bertz CT molecular complexity index is 1200. The molecule has 0 radical (unpaired) electrons. The van der Waals surface area contributed by atoms with Crippen LogP contribution < -0.4 is 14.8 Å². The van der Waals surface area contributed by atoms with Crippen molar-refractivity contribution < 1.29 is 28.9 Å². The number of amides is 3. The number of carbonyl (C=O) groups is 2. The number of imide groups is 1. The Morgan fingerprint density at radius 1 is 0.943 bits per heavy atom. The van der Waals surface area contributed by atoms with Crippen LogP contribution in [0.1, 0.15) is 16.7 Å². The van der Waals surface area contributed by atoms with Gasteiger partial charge in [0.15, 0.2) is 17.0 Å². The minimum Gasteiger partial charge on any atom is -0.454 e. The van der Waals surface area contributed by atoms with E-state index in [9.17, 15) is 14.7 Å². The van der Waals surface area contributed by atoms with Crippen LogP contribution in [0.3, 0.4) is 0 Å². The third-order valence-corrected chi connectivity index (χ3v) is 6.16. The van der Waals surface area contributed by atoms with Gasteiger partial charge >= 0.3 is 6.03 Å². The first-order valence-electron chi connectivity index (χ1n) is 11.4. The van der Waals surface area contributed by atoms with E-state index in [-0.39, 0.29) is 26.6 Å². The molecule has 3 aromatic carbocycles. The summed E-state index contributed by atoms with van der Waals surface area (Å²) in [6.07, 6.45) is -0.739. The normalized spacial score (nSPS) is 19.6. The molecule has 180 valence electrons. The molecule has 35 heavy (non-hydrogen) atoms. The van der Waals surface area contributed by atoms with E-state index in [0.29, 0.717) is 23.5 Å². The van der Waals surface area contributed by atoms with Gasteiger partial charge < -0.3 is 24.6 Å². The van der Waals surface area contributed by atoms with Crippen molar-refractivity contribution in [2.75, 3.05) is 19.9 Å². The number of benzene rings is 3. The maximum absolute atomic E-state index is 13.6. The van der Waals surface area contributed by atoms with E-state index < -0.39 is 23.6 Å². The standard InChI is InChI=1S/C27H26N2O6/c30-22(17-33-16-20-11-12-23-24(13-20)35-18-34-23)15-29-25(31)27(28-26(29)32,21-9-5-2-6-10-21)14-19-7-3-1-4-8-19/h1-13,22,30H,14-18H2,(H,28,32)/t22-,27+/m0/s1. The molecule has 0 unspecified atom stereocenters. The monoisotopic (exact) mass is 474 g/mol. The summed E-state index contributed by atoms with van der Waals surface area (Å²) in [4.78, 5) is 27.6. The van der Waals surface area contributed by atoms with Crippen LogP contribution in [0.15, 0.2) is 78.9 Å². The van der Waals surface area contributed by atoms with Crippen LogP contribution in [0.25, 0.3) is 0 Å². The van der Waals surface area contributed by atoms with Crippen LogP contribution in [0.5, 0.6) is 11.5 Å². The predicted molar refractivity (Wildman–Crippen MR) is 127 cm³/mol. The minimum absolute atomic E-state index is 0.0392. The molecule has 0 spiro atoms. The average Bonchev–Trinajstić information content (AvgIpc) is 3.44. The second-order valence-electron chi connectivity index (χ2n) is 8.64. The number of fused-ring (bicyclic) bond motifs is 1. The Morgan fingerprint density at radius 3 is 2.43 bits per heavy atom. The maximum atomic E-state index is 13.6. The number of urea groups is 1. The van der Waals surface area contributed by atoms with Gasteiger partial charge in [-0.3, -0.25) is 9.69 Å². The lowest BCUT2D eigenvalue weighted by Gasteiger charge is -2.28. The average molecular weight is 475 g/mol. The Kier molecular flexibility index (Phi) is 6.39. The molecule has 5 rings (SSSR count). The lowest BCUT2D eigenvalue weighted by Crippen LogP contribution is -2.46. The molecule has 0 bridgehead atoms. The number of nitrogens with one attached hydrogen (secondary N) is 1. The van der Waals surface area contributed by atoms with Crippen LogP contribution in [-0.4, -0.2) is 48.0 Å². The highest BCUT2D eigenvalue weighted by atomic mass is 16.7. The molecule has 1 fully saturated rings. The SMILES string of the molecule is O=C1N[C@](Cc2ccccc2)(c2ccccc2)C(=O)N1C[C@H](O)COCc1ccc2c(c1)OCO2. The molecule has 0 saturated carbocycles. The van der Waals surface area contributed by atoms with Crippen LogP contribution in [0.4, 0.5) is 4.79 Å². The summed E-state index contributed by atoms with van der Waals surface area (Å²) in [5.41, 5.74) is 1.23.